The smallest absolute Gasteiger partial charge is 0.400 e. The zero-order chi connectivity index (χ0) is 17.4. The molecule has 2 aliphatic rings. The number of allylic oxidation sites excluding steroid dienone is 1. The van der Waals surface area contributed by atoms with Crippen LogP contribution in [0.25, 0.3) is 0 Å². The molecule has 0 spiro atoms. The molecule has 23 heavy (non-hydrogen) atoms. The van der Waals surface area contributed by atoms with Crippen molar-refractivity contribution in [3.63, 3.8) is 0 Å². The minimum absolute atomic E-state index is 0.121. The Balaban J connectivity index is 2.45. The number of rotatable bonds is 5. The predicted molar refractivity (Wildman–Crippen MR) is 82.3 cm³/mol. The summed E-state index contributed by atoms with van der Waals surface area (Å²) in [6.45, 7) is 6.02. The van der Waals surface area contributed by atoms with Crippen molar-refractivity contribution in [2.45, 2.75) is 37.9 Å². The highest BCUT2D eigenvalue weighted by Crippen LogP contribution is 2.47. The van der Waals surface area contributed by atoms with Crippen molar-refractivity contribution in [1.82, 2.24) is 0 Å². The summed E-state index contributed by atoms with van der Waals surface area (Å²) in [5, 5.41) is 11.7. The third kappa shape index (κ3) is 2.98. The largest absolute Gasteiger partial charge is 0.547 e. The first-order valence-electron chi connectivity index (χ1n) is 7.19. The van der Waals surface area contributed by atoms with Gasteiger partial charge in [0, 0.05) is 13.5 Å². The Bertz CT molecular complexity index is 580. The molecule has 128 valence electrons. The van der Waals surface area contributed by atoms with Gasteiger partial charge in [-0.25, -0.2) is 4.79 Å². The normalized spacial score (nSPS) is 29.8. The van der Waals surface area contributed by atoms with E-state index >= 15 is 0 Å². The zero-order valence-electron chi connectivity index (χ0n) is 13.8. The third-order valence-electron chi connectivity index (χ3n) is 3.80. The SMILES string of the molecule is COC(=O)C1=CO[C@@]2([N+](=O)[O-])[C@H](OC)C=C(O[Si](C)(C)C)C[C@@H]12. The number of fused-ring (bicyclic) bond motifs is 1. The second kappa shape index (κ2) is 5.97. The van der Waals surface area contributed by atoms with E-state index in [4.69, 9.17) is 18.6 Å². The number of ether oxygens (including phenoxy) is 3. The number of hydrogen-bond donors (Lipinski definition) is 0. The molecule has 0 radical (unpaired) electrons. The quantitative estimate of drug-likeness (QED) is 0.325. The van der Waals surface area contributed by atoms with Gasteiger partial charge >= 0.3 is 11.7 Å². The van der Waals surface area contributed by atoms with Crippen molar-refractivity contribution < 1.29 is 28.4 Å². The molecule has 0 aromatic rings. The van der Waals surface area contributed by atoms with E-state index in [0.717, 1.165) is 6.26 Å². The van der Waals surface area contributed by atoms with Crippen molar-refractivity contribution in [3.05, 3.63) is 33.8 Å². The molecule has 0 aromatic heterocycles. The molecular weight excluding hydrogens is 322 g/mol. The van der Waals surface area contributed by atoms with Crippen molar-refractivity contribution in [3.8, 4) is 0 Å². The third-order valence-corrected chi connectivity index (χ3v) is 4.67. The highest BCUT2D eigenvalue weighted by atomic mass is 28.4. The van der Waals surface area contributed by atoms with Crippen LogP contribution in [-0.2, 0) is 23.4 Å². The van der Waals surface area contributed by atoms with E-state index in [2.05, 4.69) is 0 Å². The first-order valence-corrected chi connectivity index (χ1v) is 10.6. The van der Waals surface area contributed by atoms with E-state index in [1.165, 1.54) is 14.2 Å². The van der Waals surface area contributed by atoms with Gasteiger partial charge in [0.2, 0.25) is 8.32 Å². The Labute approximate surface area is 135 Å². The molecule has 1 aliphatic heterocycles. The molecule has 9 heteroatoms. The van der Waals surface area contributed by atoms with E-state index in [-0.39, 0.29) is 12.0 Å². The van der Waals surface area contributed by atoms with E-state index in [1.807, 2.05) is 19.6 Å². The van der Waals surface area contributed by atoms with E-state index in [9.17, 15) is 14.9 Å². The second-order valence-electron chi connectivity index (χ2n) is 6.45. The molecule has 0 amide bonds. The highest BCUT2D eigenvalue weighted by Gasteiger charge is 2.66. The Hall–Kier alpha value is -1.87. The van der Waals surface area contributed by atoms with Gasteiger partial charge in [0.15, 0.2) is 6.10 Å². The molecule has 3 atom stereocenters. The lowest BCUT2D eigenvalue weighted by Gasteiger charge is -2.36. The maximum absolute atomic E-state index is 11.9. The monoisotopic (exact) mass is 343 g/mol. The summed E-state index contributed by atoms with van der Waals surface area (Å²) in [7, 11) is 0.675. The van der Waals surface area contributed by atoms with Crippen LogP contribution in [0, 0.1) is 16.0 Å². The molecule has 1 aliphatic carbocycles. The molecule has 1 heterocycles. The van der Waals surface area contributed by atoms with Crippen molar-refractivity contribution in [2.75, 3.05) is 14.2 Å². The van der Waals surface area contributed by atoms with Gasteiger partial charge in [0.1, 0.15) is 12.2 Å². The van der Waals surface area contributed by atoms with Gasteiger partial charge in [0.25, 0.3) is 0 Å². The second-order valence-corrected chi connectivity index (χ2v) is 10.9. The minimum Gasteiger partial charge on any atom is -0.547 e. The van der Waals surface area contributed by atoms with Gasteiger partial charge in [-0.1, -0.05) is 0 Å². The van der Waals surface area contributed by atoms with Crippen LogP contribution in [-0.4, -0.2) is 45.3 Å². The van der Waals surface area contributed by atoms with Crippen LogP contribution >= 0.6 is 0 Å². The number of nitro groups is 1. The zero-order valence-corrected chi connectivity index (χ0v) is 14.8. The van der Waals surface area contributed by atoms with Crippen LogP contribution in [0.3, 0.4) is 0 Å². The fourth-order valence-electron chi connectivity index (χ4n) is 2.91. The lowest BCUT2D eigenvalue weighted by molar-refractivity contribution is -0.641. The van der Waals surface area contributed by atoms with E-state index in [0.29, 0.717) is 5.76 Å². The van der Waals surface area contributed by atoms with Gasteiger partial charge in [-0.05, 0) is 25.7 Å². The lowest BCUT2D eigenvalue weighted by atomic mass is 9.79. The first kappa shape index (κ1) is 17.5. The average molecular weight is 343 g/mol. The summed E-state index contributed by atoms with van der Waals surface area (Å²) in [4.78, 5) is 23.1. The number of hydrogen-bond acceptors (Lipinski definition) is 7. The number of esters is 1. The number of carbonyl (C=O) groups is 1. The molecule has 0 fully saturated rings. The number of methoxy groups -OCH3 is 2. The molecule has 0 saturated heterocycles. The number of carbonyl (C=O) groups excluding carboxylic acids is 1. The van der Waals surface area contributed by atoms with Gasteiger partial charge in [-0.2, -0.15) is 0 Å². The van der Waals surface area contributed by atoms with Gasteiger partial charge in [-0.15, -0.1) is 0 Å². The summed E-state index contributed by atoms with van der Waals surface area (Å²) in [6, 6.07) is 0. The Morgan fingerprint density at radius 2 is 2.09 bits per heavy atom. The maximum atomic E-state index is 11.9. The first-order chi connectivity index (χ1) is 10.7. The van der Waals surface area contributed by atoms with E-state index < -0.39 is 37.0 Å². The summed E-state index contributed by atoms with van der Waals surface area (Å²) in [6.07, 6.45) is 1.90. The fraction of sp³-hybridized carbons (Fsp3) is 0.643. The maximum Gasteiger partial charge on any atom is 0.400 e. The van der Waals surface area contributed by atoms with Crippen molar-refractivity contribution >= 4 is 14.3 Å². The minimum atomic E-state index is -1.91. The standard InChI is InChI=1S/C14H21NO7Si/c1-19-12-7-9(22-23(3,4)5)6-11-10(13(16)20-2)8-21-14(11,12)15(17)18/h7-8,11-12H,6H2,1-5H3/t11-,12+,14+/m0/s1. The molecular formula is C14H21NO7Si. The lowest BCUT2D eigenvalue weighted by Crippen LogP contribution is -2.57. The van der Waals surface area contributed by atoms with Crippen LogP contribution < -0.4 is 0 Å². The fourth-order valence-corrected chi connectivity index (χ4v) is 3.85. The molecule has 2 rings (SSSR count). The molecule has 0 unspecified atom stereocenters. The van der Waals surface area contributed by atoms with Gasteiger partial charge < -0.3 is 18.6 Å². The summed E-state index contributed by atoms with van der Waals surface area (Å²) >= 11 is 0. The summed E-state index contributed by atoms with van der Waals surface area (Å²) in [5.41, 5.74) is -1.75. The number of nitrogens with zero attached hydrogens (tertiary/aromatic N) is 1. The van der Waals surface area contributed by atoms with Crippen molar-refractivity contribution in [1.29, 1.82) is 0 Å². The van der Waals surface area contributed by atoms with Crippen LogP contribution in [0.15, 0.2) is 23.7 Å². The molecule has 8 nitrogen and oxygen atoms in total. The Kier molecular flexibility index (Phi) is 4.54. The van der Waals surface area contributed by atoms with Crippen LogP contribution in [0.5, 0.6) is 0 Å². The molecule has 0 N–H and O–H groups in total. The predicted octanol–water partition coefficient (Wildman–Crippen LogP) is 1.82. The molecule has 0 saturated carbocycles. The Morgan fingerprint density at radius 1 is 1.43 bits per heavy atom. The topological polar surface area (TPSA) is 97.1 Å². The van der Waals surface area contributed by atoms with Gasteiger partial charge in [0.05, 0.1) is 23.4 Å². The van der Waals surface area contributed by atoms with Crippen LogP contribution in [0.1, 0.15) is 6.42 Å². The summed E-state index contributed by atoms with van der Waals surface area (Å²) in [5.74, 6) is -0.895. The Morgan fingerprint density at radius 3 is 2.57 bits per heavy atom. The van der Waals surface area contributed by atoms with Gasteiger partial charge in [-0.3, -0.25) is 10.1 Å². The van der Waals surface area contributed by atoms with Crippen LogP contribution in [0.4, 0.5) is 0 Å². The molecule has 0 bridgehead atoms. The average Bonchev–Trinajstić information content (AvgIpc) is 2.84. The summed E-state index contributed by atoms with van der Waals surface area (Å²) < 4.78 is 21.3. The highest BCUT2D eigenvalue weighted by molar-refractivity contribution is 6.70. The van der Waals surface area contributed by atoms with E-state index in [1.54, 1.807) is 6.08 Å². The van der Waals surface area contributed by atoms with Crippen LogP contribution in [0.2, 0.25) is 19.6 Å². The van der Waals surface area contributed by atoms with Crippen molar-refractivity contribution in [2.24, 2.45) is 5.92 Å². The molecule has 0 aromatic carbocycles.